The van der Waals surface area contributed by atoms with Crippen LogP contribution in [0.25, 0.3) is 0 Å². The molecule has 0 amide bonds. The minimum Gasteiger partial charge on any atom is -0.383 e. The molecule has 0 saturated heterocycles. The van der Waals surface area contributed by atoms with Gasteiger partial charge in [0.05, 0.1) is 6.04 Å². The summed E-state index contributed by atoms with van der Waals surface area (Å²) in [7, 11) is 0. The van der Waals surface area contributed by atoms with Gasteiger partial charge in [0, 0.05) is 6.42 Å². The summed E-state index contributed by atoms with van der Waals surface area (Å²) in [5, 5.41) is 3.21. The molecule has 1 nitrogen and oxygen atoms in total. The first-order chi connectivity index (χ1) is 4.97. The number of nitrogens with one attached hydrogen (secondary N) is 1. The third-order valence-corrected chi connectivity index (χ3v) is 1.77. The Bertz CT molecular complexity index is 211. The van der Waals surface area contributed by atoms with Crippen molar-refractivity contribution >= 4 is 0 Å². The Hall–Kier alpha value is -0.980. The number of allylic oxidation sites excluding steroid dienone is 3. The van der Waals surface area contributed by atoms with E-state index in [0.717, 1.165) is 6.42 Å². The maximum Gasteiger partial charge on any atom is 0.0584 e. The van der Waals surface area contributed by atoms with Gasteiger partial charge in [-0.15, -0.1) is 0 Å². The van der Waals surface area contributed by atoms with Crippen LogP contribution in [0, 0.1) is 6.42 Å². The predicted molar refractivity (Wildman–Crippen MR) is 41.1 cm³/mol. The van der Waals surface area contributed by atoms with Crippen molar-refractivity contribution in [1.29, 1.82) is 0 Å². The van der Waals surface area contributed by atoms with Gasteiger partial charge in [0.15, 0.2) is 0 Å². The molecule has 1 heteroatoms. The maximum atomic E-state index is 3.21. The van der Waals surface area contributed by atoms with Crippen LogP contribution in [0.3, 0.4) is 0 Å². The predicted octanol–water partition coefficient (Wildman–Crippen LogP) is 1.44. The Balaban J connectivity index is 2.23. The fraction of sp³-hybridized carbons (Fsp3) is 0.222. The van der Waals surface area contributed by atoms with Gasteiger partial charge in [-0.25, -0.2) is 0 Å². The highest BCUT2D eigenvalue weighted by atomic mass is 14.9. The van der Waals surface area contributed by atoms with Gasteiger partial charge in [0.25, 0.3) is 0 Å². The first-order valence-corrected chi connectivity index (χ1v) is 3.49. The number of hydrogen-bond acceptors (Lipinski definition) is 1. The molecule has 2 rings (SSSR count). The van der Waals surface area contributed by atoms with Crippen LogP contribution in [0.1, 0.15) is 6.42 Å². The van der Waals surface area contributed by atoms with Crippen LogP contribution in [0.4, 0.5) is 0 Å². The smallest absolute Gasteiger partial charge is 0.0584 e. The van der Waals surface area contributed by atoms with Gasteiger partial charge in [-0.05, 0) is 24.3 Å². The van der Waals surface area contributed by atoms with E-state index in [1.165, 1.54) is 5.57 Å². The van der Waals surface area contributed by atoms with Crippen LogP contribution in [0.5, 0.6) is 0 Å². The summed E-state index contributed by atoms with van der Waals surface area (Å²) in [6.07, 6.45) is 14.5. The van der Waals surface area contributed by atoms with Crippen LogP contribution >= 0.6 is 0 Å². The summed E-state index contributed by atoms with van der Waals surface area (Å²) in [6, 6.07) is 0.343. The monoisotopic (exact) mass is 131 g/mol. The fourth-order valence-corrected chi connectivity index (χ4v) is 1.23. The van der Waals surface area contributed by atoms with E-state index >= 15 is 0 Å². The number of hydrogen-bond donors (Lipinski definition) is 1. The van der Waals surface area contributed by atoms with Crippen molar-refractivity contribution in [2.24, 2.45) is 0 Å². The van der Waals surface area contributed by atoms with Gasteiger partial charge in [-0.1, -0.05) is 18.2 Å². The van der Waals surface area contributed by atoms with Crippen LogP contribution < -0.4 is 5.32 Å². The van der Waals surface area contributed by atoms with Crippen molar-refractivity contribution in [1.82, 2.24) is 5.32 Å². The van der Waals surface area contributed by atoms with Crippen molar-refractivity contribution in [2.75, 3.05) is 0 Å². The van der Waals surface area contributed by atoms with Crippen LogP contribution in [0.2, 0.25) is 0 Å². The van der Waals surface area contributed by atoms with Crippen LogP contribution in [-0.4, -0.2) is 6.04 Å². The molecule has 2 aliphatic rings. The lowest BCUT2D eigenvalue weighted by Crippen LogP contribution is -2.29. The van der Waals surface area contributed by atoms with E-state index in [9.17, 15) is 0 Å². The normalized spacial score (nSPS) is 28.8. The number of rotatable bonds is 0. The Morgan fingerprint density at radius 2 is 2.60 bits per heavy atom. The highest BCUT2D eigenvalue weighted by Crippen LogP contribution is 2.19. The lowest BCUT2D eigenvalue weighted by Gasteiger charge is -2.23. The zero-order valence-electron chi connectivity index (χ0n) is 5.67. The molecular formula is C9H9N. The van der Waals surface area contributed by atoms with E-state index in [-0.39, 0.29) is 0 Å². The topological polar surface area (TPSA) is 12.0 Å². The van der Waals surface area contributed by atoms with Crippen molar-refractivity contribution in [3.05, 3.63) is 42.5 Å². The van der Waals surface area contributed by atoms with Gasteiger partial charge in [-0.3, -0.25) is 0 Å². The Morgan fingerprint density at radius 1 is 1.60 bits per heavy atom. The quantitative estimate of drug-likeness (QED) is 0.524. The summed E-state index contributed by atoms with van der Waals surface area (Å²) in [5.74, 6) is 0. The summed E-state index contributed by atoms with van der Waals surface area (Å²) >= 11 is 0. The maximum absolute atomic E-state index is 3.21. The molecule has 0 saturated carbocycles. The molecular weight excluding hydrogens is 122 g/mol. The van der Waals surface area contributed by atoms with E-state index in [1.54, 1.807) is 0 Å². The standard InChI is InChI=1S/C9H9N/c1-2-6-9-8(4-1)5-3-7-10-9/h1-3,5,7,9-10H,4H2. The molecule has 0 aromatic rings. The molecule has 0 aromatic heterocycles. The SMILES string of the molecule is [C]1C=CCC2=CC=CNC12. The highest BCUT2D eigenvalue weighted by molar-refractivity contribution is 5.33. The first kappa shape index (κ1) is 5.78. The van der Waals surface area contributed by atoms with E-state index < -0.39 is 0 Å². The zero-order chi connectivity index (χ0) is 6.81. The van der Waals surface area contributed by atoms with Crippen molar-refractivity contribution in [3.63, 3.8) is 0 Å². The summed E-state index contributed by atoms with van der Waals surface area (Å²) in [4.78, 5) is 0. The Morgan fingerprint density at radius 3 is 3.50 bits per heavy atom. The van der Waals surface area contributed by atoms with Gasteiger partial charge in [0.1, 0.15) is 0 Å². The molecule has 1 atom stereocenters. The molecule has 0 aromatic carbocycles. The second-order valence-electron chi connectivity index (χ2n) is 2.47. The molecule has 10 heavy (non-hydrogen) atoms. The molecule has 0 fully saturated rings. The van der Waals surface area contributed by atoms with Crippen LogP contribution in [-0.2, 0) is 0 Å². The number of fused-ring (bicyclic) bond motifs is 1. The lowest BCUT2D eigenvalue weighted by atomic mass is 9.94. The highest BCUT2D eigenvalue weighted by Gasteiger charge is 2.14. The third-order valence-electron chi connectivity index (χ3n) is 1.77. The van der Waals surface area contributed by atoms with Gasteiger partial charge >= 0.3 is 0 Å². The van der Waals surface area contributed by atoms with Gasteiger partial charge in [0.2, 0.25) is 0 Å². The van der Waals surface area contributed by atoms with Gasteiger partial charge < -0.3 is 5.32 Å². The second kappa shape index (κ2) is 2.33. The van der Waals surface area contributed by atoms with E-state index in [1.807, 2.05) is 18.4 Å². The van der Waals surface area contributed by atoms with Crippen molar-refractivity contribution in [2.45, 2.75) is 12.5 Å². The van der Waals surface area contributed by atoms with Crippen LogP contribution in [0.15, 0.2) is 36.1 Å². The van der Waals surface area contributed by atoms with Gasteiger partial charge in [-0.2, -0.15) is 0 Å². The average molecular weight is 131 g/mol. The fourth-order valence-electron chi connectivity index (χ4n) is 1.23. The molecule has 0 spiro atoms. The molecule has 50 valence electrons. The lowest BCUT2D eigenvalue weighted by molar-refractivity contribution is 0.723. The minimum atomic E-state index is 0.343. The summed E-state index contributed by atoms with van der Waals surface area (Å²) < 4.78 is 0. The Labute approximate surface area is 61.1 Å². The summed E-state index contributed by atoms with van der Waals surface area (Å²) in [5.41, 5.74) is 1.41. The Kier molecular flexibility index (Phi) is 1.35. The second-order valence-corrected chi connectivity index (χ2v) is 2.47. The summed E-state index contributed by atoms with van der Waals surface area (Å²) in [6.45, 7) is 0. The molecule has 1 N–H and O–H groups in total. The molecule has 0 bridgehead atoms. The first-order valence-electron chi connectivity index (χ1n) is 3.49. The third kappa shape index (κ3) is 0.878. The largest absolute Gasteiger partial charge is 0.383 e. The zero-order valence-corrected chi connectivity index (χ0v) is 5.67. The average Bonchev–Trinajstić information content (AvgIpc) is 2.05. The minimum absolute atomic E-state index is 0.343. The molecule has 1 unspecified atom stereocenters. The van der Waals surface area contributed by atoms with Crippen molar-refractivity contribution in [3.8, 4) is 0 Å². The molecule has 1 aliphatic heterocycles. The van der Waals surface area contributed by atoms with Crippen molar-refractivity contribution < 1.29 is 0 Å². The molecule has 1 heterocycles. The number of dihydropyridines is 1. The van der Waals surface area contributed by atoms with E-state index in [0.29, 0.717) is 6.04 Å². The van der Waals surface area contributed by atoms with E-state index in [2.05, 4.69) is 23.9 Å². The van der Waals surface area contributed by atoms with E-state index in [4.69, 9.17) is 0 Å². The molecule has 1 aliphatic carbocycles. The molecule has 2 radical (unpaired) electrons.